The Morgan fingerprint density at radius 2 is 1.74 bits per heavy atom. The molecule has 0 saturated carbocycles. The molecule has 0 fully saturated rings. The van der Waals surface area contributed by atoms with E-state index in [1.165, 1.54) is 6.21 Å². The molecule has 9 heteroatoms. The second-order valence-electron chi connectivity index (χ2n) is 6.69. The van der Waals surface area contributed by atoms with Crippen molar-refractivity contribution < 1.29 is 23.9 Å². The van der Waals surface area contributed by atoms with Crippen molar-refractivity contribution in [1.29, 1.82) is 0 Å². The maximum absolute atomic E-state index is 12.1. The van der Waals surface area contributed by atoms with Gasteiger partial charge in [-0.05, 0) is 62.7 Å². The van der Waals surface area contributed by atoms with Gasteiger partial charge in [0.15, 0.2) is 6.61 Å². The number of anilines is 1. The van der Waals surface area contributed by atoms with Crippen molar-refractivity contribution in [2.24, 2.45) is 5.10 Å². The number of hydrogen-bond donors (Lipinski definition) is 3. The van der Waals surface area contributed by atoms with Crippen LogP contribution in [0.1, 0.15) is 26.3 Å². The number of nitrogens with one attached hydrogen (secondary N) is 3. The highest BCUT2D eigenvalue weighted by Crippen LogP contribution is 2.16. The lowest BCUT2D eigenvalue weighted by Gasteiger charge is -2.09. The Kier molecular flexibility index (Phi) is 9.03. The minimum Gasteiger partial charge on any atom is -0.494 e. The van der Waals surface area contributed by atoms with Crippen LogP contribution < -0.4 is 25.5 Å². The maximum atomic E-state index is 12.1. The molecule has 0 radical (unpaired) electrons. The number of carbonyl (C=O) groups is 3. The molecular formula is C22H26N4O5. The van der Waals surface area contributed by atoms with E-state index in [2.05, 4.69) is 21.2 Å². The van der Waals surface area contributed by atoms with E-state index in [9.17, 15) is 14.4 Å². The zero-order valence-electron chi connectivity index (χ0n) is 17.7. The van der Waals surface area contributed by atoms with E-state index in [0.717, 1.165) is 5.75 Å². The van der Waals surface area contributed by atoms with Gasteiger partial charge in [0.05, 0.1) is 12.8 Å². The Labute approximate surface area is 180 Å². The molecule has 2 aromatic carbocycles. The van der Waals surface area contributed by atoms with Crippen LogP contribution in [0.5, 0.6) is 11.5 Å². The fourth-order valence-corrected chi connectivity index (χ4v) is 2.38. The molecule has 0 atom stereocenters. The summed E-state index contributed by atoms with van der Waals surface area (Å²) < 4.78 is 10.9. The zero-order chi connectivity index (χ0) is 22.6. The standard InChI is InChI=1S/C22H26N4O5/c1-4-30-18-10-8-17(9-11-18)25-20(27)14-31-19-7-5-6-16(12-19)13-23-26-22(29)21(28)24-15(2)3/h5-13,15H,4,14H2,1-3H3,(H,24,28)(H,25,27)(H,26,29)/b23-13-. The van der Waals surface area contributed by atoms with Gasteiger partial charge in [0, 0.05) is 11.7 Å². The average molecular weight is 426 g/mol. The second kappa shape index (κ2) is 12.0. The number of hydrazone groups is 1. The van der Waals surface area contributed by atoms with Gasteiger partial charge in [-0.3, -0.25) is 14.4 Å². The Morgan fingerprint density at radius 1 is 1.00 bits per heavy atom. The molecule has 164 valence electrons. The minimum atomic E-state index is -0.858. The molecule has 31 heavy (non-hydrogen) atoms. The van der Waals surface area contributed by atoms with Crippen LogP contribution >= 0.6 is 0 Å². The van der Waals surface area contributed by atoms with Crippen molar-refractivity contribution in [3.63, 3.8) is 0 Å². The molecule has 9 nitrogen and oxygen atoms in total. The molecule has 0 aliphatic rings. The molecule has 0 aromatic heterocycles. The fraction of sp³-hybridized carbons (Fsp3) is 0.273. The fourth-order valence-electron chi connectivity index (χ4n) is 2.38. The number of rotatable bonds is 9. The molecular weight excluding hydrogens is 400 g/mol. The maximum Gasteiger partial charge on any atom is 0.329 e. The molecule has 0 unspecified atom stereocenters. The van der Waals surface area contributed by atoms with E-state index >= 15 is 0 Å². The molecule has 3 amide bonds. The first-order valence-corrected chi connectivity index (χ1v) is 9.77. The van der Waals surface area contributed by atoms with Gasteiger partial charge in [0.25, 0.3) is 5.91 Å². The molecule has 2 aromatic rings. The first-order valence-electron chi connectivity index (χ1n) is 9.77. The van der Waals surface area contributed by atoms with E-state index in [4.69, 9.17) is 9.47 Å². The van der Waals surface area contributed by atoms with E-state index in [1.54, 1.807) is 62.4 Å². The number of nitrogens with zero attached hydrogens (tertiary/aromatic N) is 1. The molecule has 0 heterocycles. The van der Waals surface area contributed by atoms with E-state index < -0.39 is 11.8 Å². The van der Waals surface area contributed by atoms with Crippen LogP contribution in [-0.2, 0) is 14.4 Å². The lowest BCUT2D eigenvalue weighted by atomic mass is 10.2. The Balaban J connectivity index is 1.82. The van der Waals surface area contributed by atoms with Crippen molar-refractivity contribution in [2.45, 2.75) is 26.8 Å². The zero-order valence-corrected chi connectivity index (χ0v) is 17.7. The second-order valence-corrected chi connectivity index (χ2v) is 6.69. The topological polar surface area (TPSA) is 118 Å². The smallest absolute Gasteiger partial charge is 0.329 e. The third-order valence-electron chi connectivity index (χ3n) is 3.68. The lowest BCUT2D eigenvalue weighted by molar-refractivity contribution is -0.139. The summed E-state index contributed by atoms with van der Waals surface area (Å²) in [5.74, 6) is -0.751. The summed E-state index contributed by atoms with van der Waals surface area (Å²) in [6.45, 7) is 5.79. The van der Waals surface area contributed by atoms with Crippen LogP contribution in [-0.4, -0.2) is 43.2 Å². The number of carbonyl (C=O) groups excluding carboxylic acids is 3. The van der Waals surface area contributed by atoms with Gasteiger partial charge in [-0.2, -0.15) is 5.10 Å². The highest BCUT2D eigenvalue weighted by atomic mass is 16.5. The van der Waals surface area contributed by atoms with Gasteiger partial charge >= 0.3 is 11.8 Å². The van der Waals surface area contributed by atoms with Crippen molar-refractivity contribution in [3.8, 4) is 11.5 Å². The average Bonchev–Trinajstić information content (AvgIpc) is 2.73. The Morgan fingerprint density at radius 3 is 2.42 bits per heavy atom. The highest BCUT2D eigenvalue weighted by molar-refractivity contribution is 6.35. The lowest BCUT2D eigenvalue weighted by Crippen LogP contribution is -2.41. The van der Waals surface area contributed by atoms with Crippen LogP contribution in [0, 0.1) is 0 Å². The van der Waals surface area contributed by atoms with Gasteiger partial charge < -0.3 is 20.1 Å². The van der Waals surface area contributed by atoms with Gasteiger partial charge in [0.2, 0.25) is 0 Å². The summed E-state index contributed by atoms with van der Waals surface area (Å²) in [6, 6.07) is 13.7. The Bertz CT molecular complexity index is 926. The SMILES string of the molecule is CCOc1ccc(NC(=O)COc2cccc(/C=N\NC(=O)C(=O)NC(C)C)c2)cc1. The summed E-state index contributed by atoms with van der Waals surface area (Å²) in [5, 5.41) is 8.95. The third-order valence-corrected chi connectivity index (χ3v) is 3.68. The first-order chi connectivity index (χ1) is 14.9. The van der Waals surface area contributed by atoms with Gasteiger partial charge in [0.1, 0.15) is 11.5 Å². The largest absolute Gasteiger partial charge is 0.494 e. The van der Waals surface area contributed by atoms with Crippen LogP contribution in [0.4, 0.5) is 5.69 Å². The van der Waals surface area contributed by atoms with E-state index in [1.807, 2.05) is 6.92 Å². The van der Waals surface area contributed by atoms with Gasteiger partial charge in [-0.1, -0.05) is 12.1 Å². The number of amides is 3. The summed E-state index contributed by atoms with van der Waals surface area (Å²) in [5.41, 5.74) is 3.40. The van der Waals surface area contributed by atoms with Crippen molar-refractivity contribution in [2.75, 3.05) is 18.5 Å². The first kappa shape index (κ1) is 23.4. The molecule has 3 N–H and O–H groups in total. The molecule has 0 spiro atoms. The number of hydrogen-bond acceptors (Lipinski definition) is 6. The van der Waals surface area contributed by atoms with Crippen LogP contribution in [0.15, 0.2) is 53.6 Å². The number of ether oxygens (including phenoxy) is 2. The quantitative estimate of drug-likeness (QED) is 0.322. The van der Waals surface area contributed by atoms with Crippen LogP contribution in [0.2, 0.25) is 0 Å². The Hall–Kier alpha value is -3.88. The normalized spacial score (nSPS) is 10.6. The number of benzene rings is 2. The van der Waals surface area contributed by atoms with Crippen molar-refractivity contribution >= 4 is 29.6 Å². The summed E-state index contributed by atoms with van der Waals surface area (Å²) in [4.78, 5) is 35.2. The van der Waals surface area contributed by atoms with Gasteiger partial charge in [-0.25, -0.2) is 5.43 Å². The predicted molar refractivity (Wildman–Crippen MR) is 117 cm³/mol. The van der Waals surface area contributed by atoms with Crippen LogP contribution in [0.25, 0.3) is 0 Å². The van der Waals surface area contributed by atoms with Gasteiger partial charge in [-0.15, -0.1) is 0 Å². The highest BCUT2D eigenvalue weighted by Gasteiger charge is 2.12. The molecule has 0 bridgehead atoms. The van der Waals surface area contributed by atoms with Crippen LogP contribution in [0.3, 0.4) is 0 Å². The van der Waals surface area contributed by atoms with E-state index in [-0.39, 0.29) is 18.6 Å². The summed E-state index contributed by atoms with van der Waals surface area (Å²) in [6.07, 6.45) is 1.37. The predicted octanol–water partition coefficient (Wildman–Crippen LogP) is 2.08. The van der Waals surface area contributed by atoms with E-state index in [0.29, 0.717) is 23.6 Å². The monoisotopic (exact) mass is 426 g/mol. The molecule has 2 rings (SSSR count). The summed E-state index contributed by atoms with van der Waals surface area (Å²) in [7, 11) is 0. The molecule has 0 aliphatic heterocycles. The van der Waals surface area contributed by atoms with Crippen molar-refractivity contribution in [3.05, 3.63) is 54.1 Å². The molecule has 0 aliphatic carbocycles. The third kappa shape index (κ3) is 8.57. The van der Waals surface area contributed by atoms with Crippen molar-refractivity contribution in [1.82, 2.24) is 10.7 Å². The minimum absolute atomic E-state index is 0.150. The summed E-state index contributed by atoms with van der Waals surface area (Å²) >= 11 is 0. The molecule has 0 saturated heterocycles.